The van der Waals surface area contributed by atoms with E-state index in [0.29, 0.717) is 6.04 Å². The van der Waals surface area contributed by atoms with E-state index in [2.05, 4.69) is 39.5 Å². The quantitative estimate of drug-likeness (QED) is 0.756. The lowest BCUT2D eigenvalue weighted by molar-refractivity contribution is 0.0876. The molecule has 1 N–H and O–H groups in total. The monoisotopic (exact) mass is 238 g/mol. The standard InChI is InChI=1S/C11H22N6/c1-12-11(9-7-13-14-17(9)4)10-8-15(2)5-6-16(10)3/h7,10-12H,5-6,8H2,1-4H3. The summed E-state index contributed by atoms with van der Waals surface area (Å²) < 4.78 is 1.85. The van der Waals surface area contributed by atoms with Crippen LogP contribution >= 0.6 is 0 Å². The third-order valence-corrected chi connectivity index (χ3v) is 3.66. The Morgan fingerprint density at radius 1 is 1.35 bits per heavy atom. The fourth-order valence-corrected chi connectivity index (χ4v) is 2.52. The van der Waals surface area contributed by atoms with Crippen molar-refractivity contribution < 1.29 is 0 Å². The van der Waals surface area contributed by atoms with E-state index in [-0.39, 0.29) is 6.04 Å². The number of piperazine rings is 1. The minimum atomic E-state index is 0.266. The maximum absolute atomic E-state index is 4.02. The first-order valence-electron chi connectivity index (χ1n) is 6.04. The second-order valence-corrected chi connectivity index (χ2v) is 4.86. The fraction of sp³-hybridized carbons (Fsp3) is 0.818. The van der Waals surface area contributed by atoms with E-state index in [1.807, 2.05) is 25.0 Å². The first-order valence-corrected chi connectivity index (χ1v) is 6.04. The third kappa shape index (κ3) is 2.48. The normalized spacial score (nSPS) is 25.1. The predicted molar refractivity (Wildman–Crippen MR) is 66.7 cm³/mol. The Kier molecular flexibility index (Phi) is 3.76. The molecule has 17 heavy (non-hydrogen) atoms. The molecule has 6 heteroatoms. The molecule has 0 aliphatic carbocycles. The molecule has 0 spiro atoms. The molecule has 6 nitrogen and oxygen atoms in total. The highest BCUT2D eigenvalue weighted by molar-refractivity contribution is 5.07. The molecule has 2 heterocycles. The number of aromatic nitrogens is 3. The van der Waals surface area contributed by atoms with Crippen molar-refractivity contribution in [2.24, 2.45) is 7.05 Å². The summed E-state index contributed by atoms with van der Waals surface area (Å²) in [7, 11) is 8.30. The Hall–Kier alpha value is -0.980. The van der Waals surface area contributed by atoms with Crippen LogP contribution in [0.2, 0.25) is 0 Å². The molecule has 2 atom stereocenters. The summed E-state index contributed by atoms with van der Waals surface area (Å²) in [5, 5.41) is 11.4. The van der Waals surface area contributed by atoms with Crippen LogP contribution in [0.5, 0.6) is 0 Å². The number of nitrogens with zero attached hydrogens (tertiary/aromatic N) is 5. The van der Waals surface area contributed by atoms with Crippen molar-refractivity contribution in [3.05, 3.63) is 11.9 Å². The highest BCUT2D eigenvalue weighted by atomic mass is 15.4. The van der Waals surface area contributed by atoms with E-state index in [1.165, 1.54) is 0 Å². The van der Waals surface area contributed by atoms with Gasteiger partial charge in [0.2, 0.25) is 0 Å². The van der Waals surface area contributed by atoms with Gasteiger partial charge in [-0.1, -0.05) is 5.21 Å². The summed E-state index contributed by atoms with van der Waals surface area (Å²) in [5.41, 5.74) is 1.14. The minimum absolute atomic E-state index is 0.266. The number of hydrogen-bond acceptors (Lipinski definition) is 5. The van der Waals surface area contributed by atoms with Crippen LogP contribution < -0.4 is 5.32 Å². The average molecular weight is 238 g/mol. The largest absolute Gasteiger partial charge is 0.310 e. The van der Waals surface area contributed by atoms with E-state index >= 15 is 0 Å². The molecule has 2 unspecified atom stereocenters. The van der Waals surface area contributed by atoms with E-state index in [4.69, 9.17) is 0 Å². The molecule has 1 aliphatic rings. The molecule has 1 aromatic rings. The van der Waals surface area contributed by atoms with Crippen LogP contribution in [-0.4, -0.2) is 71.6 Å². The molecule has 96 valence electrons. The maximum atomic E-state index is 4.02. The average Bonchev–Trinajstić information content (AvgIpc) is 2.71. The summed E-state index contributed by atoms with van der Waals surface area (Å²) in [6.07, 6.45) is 1.85. The van der Waals surface area contributed by atoms with E-state index in [0.717, 1.165) is 25.3 Å². The first kappa shape index (κ1) is 12.5. The fourth-order valence-electron chi connectivity index (χ4n) is 2.52. The van der Waals surface area contributed by atoms with Gasteiger partial charge in [-0.05, 0) is 21.1 Å². The number of aryl methyl sites for hydroxylation is 1. The van der Waals surface area contributed by atoms with Crippen LogP contribution in [-0.2, 0) is 7.05 Å². The maximum Gasteiger partial charge on any atom is 0.0769 e. The smallest absolute Gasteiger partial charge is 0.0769 e. The van der Waals surface area contributed by atoms with E-state index < -0.39 is 0 Å². The van der Waals surface area contributed by atoms with E-state index in [1.54, 1.807) is 0 Å². The number of rotatable bonds is 3. The van der Waals surface area contributed by atoms with Crippen molar-refractivity contribution in [3.63, 3.8) is 0 Å². The lowest BCUT2D eigenvalue weighted by Crippen LogP contribution is -2.54. The Labute approximate surface area is 103 Å². The molecular formula is C11H22N6. The zero-order valence-electron chi connectivity index (χ0n) is 11.1. The summed E-state index contributed by atoms with van der Waals surface area (Å²) >= 11 is 0. The third-order valence-electron chi connectivity index (χ3n) is 3.66. The van der Waals surface area contributed by atoms with Gasteiger partial charge in [0.05, 0.1) is 17.9 Å². The summed E-state index contributed by atoms with van der Waals surface area (Å²) in [5.74, 6) is 0. The van der Waals surface area contributed by atoms with Gasteiger partial charge in [-0.25, -0.2) is 0 Å². The molecule has 1 fully saturated rings. The van der Waals surface area contributed by atoms with Crippen molar-refractivity contribution in [2.45, 2.75) is 12.1 Å². The van der Waals surface area contributed by atoms with Crippen molar-refractivity contribution in [1.29, 1.82) is 0 Å². The Bertz CT molecular complexity index is 363. The van der Waals surface area contributed by atoms with Gasteiger partial charge in [0.1, 0.15) is 0 Å². The zero-order chi connectivity index (χ0) is 12.4. The highest BCUT2D eigenvalue weighted by Crippen LogP contribution is 2.21. The minimum Gasteiger partial charge on any atom is -0.310 e. The van der Waals surface area contributed by atoms with Gasteiger partial charge in [-0.15, -0.1) is 5.10 Å². The van der Waals surface area contributed by atoms with Crippen LogP contribution in [0.4, 0.5) is 0 Å². The first-order chi connectivity index (χ1) is 8.13. The molecule has 1 saturated heterocycles. The van der Waals surface area contributed by atoms with Gasteiger partial charge in [-0.2, -0.15) is 0 Å². The predicted octanol–water partition coefficient (Wildman–Crippen LogP) is -0.679. The molecular weight excluding hydrogens is 216 g/mol. The molecule has 0 aromatic carbocycles. The molecule has 1 aliphatic heterocycles. The zero-order valence-corrected chi connectivity index (χ0v) is 11.1. The summed E-state index contributed by atoms with van der Waals surface area (Å²) in [6, 6.07) is 0.721. The molecule has 2 rings (SSSR count). The second kappa shape index (κ2) is 5.12. The topological polar surface area (TPSA) is 49.2 Å². The molecule has 0 bridgehead atoms. The van der Waals surface area contributed by atoms with Gasteiger partial charge in [0, 0.05) is 32.7 Å². The van der Waals surface area contributed by atoms with Crippen molar-refractivity contribution in [1.82, 2.24) is 30.1 Å². The van der Waals surface area contributed by atoms with Crippen LogP contribution in [0.1, 0.15) is 11.7 Å². The SMILES string of the molecule is CNC(c1cnnn1C)C1CN(C)CCN1C. The van der Waals surface area contributed by atoms with Gasteiger partial charge < -0.3 is 10.2 Å². The van der Waals surface area contributed by atoms with Crippen molar-refractivity contribution >= 4 is 0 Å². The van der Waals surface area contributed by atoms with Crippen LogP contribution in [0, 0.1) is 0 Å². The van der Waals surface area contributed by atoms with Crippen LogP contribution in [0.3, 0.4) is 0 Å². The van der Waals surface area contributed by atoms with E-state index in [9.17, 15) is 0 Å². The summed E-state index contributed by atoms with van der Waals surface area (Å²) in [6.45, 7) is 3.30. The Morgan fingerprint density at radius 2 is 2.12 bits per heavy atom. The molecule has 1 aromatic heterocycles. The molecule has 0 amide bonds. The van der Waals surface area contributed by atoms with Crippen molar-refractivity contribution in [3.8, 4) is 0 Å². The van der Waals surface area contributed by atoms with Gasteiger partial charge in [-0.3, -0.25) is 9.58 Å². The molecule has 0 radical (unpaired) electrons. The van der Waals surface area contributed by atoms with Gasteiger partial charge >= 0.3 is 0 Å². The lowest BCUT2D eigenvalue weighted by atomic mass is 10.0. The number of likely N-dealkylation sites (N-methyl/N-ethyl adjacent to an activating group) is 3. The lowest BCUT2D eigenvalue weighted by Gasteiger charge is -2.41. The summed E-state index contributed by atoms with van der Waals surface area (Å²) in [4.78, 5) is 4.78. The Balaban J connectivity index is 2.20. The number of hydrogen-bond donors (Lipinski definition) is 1. The second-order valence-electron chi connectivity index (χ2n) is 4.86. The van der Waals surface area contributed by atoms with Crippen molar-refractivity contribution in [2.75, 3.05) is 40.8 Å². The highest BCUT2D eigenvalue weighted by Gasteiger charge is 2.31. The van der Waals surface area contributed by atoms with Crippen LogP contribution in [0.25, 0.3) is 0 Å². The number of nitrogens with one attached hydrogen (secondary N) is 1. The molecule has 0 saturated carbocycles. The van der Waals surface area contributed by atoms with Crippen LogP contribution in [0.15, 0.2) is 6.20 Å². The Morgan fingerprint density at radius 3 is 2.71 bits per heavy atom. The van der Waals surface area contributed by atoms with Gasteiger partial charge in [0.25, 0.3) is 0 Å². The van der Waals surface area contributed by atoms with Gasteiger partial charge in [0.15, 0.2) is 0 Å².